The lowest BCUT2D eigenvalue weighted by molar-refractivity contribution is 0.686. The van der Waals surface area contributed by atoms with Crippen LogP contribution in [0.5, 0.6) is 0 Å². The number of benzene rings is 1. The first-order valence-electron chi connectivity index (χ1n) is 7.93. The molecular formula is C17H24IN5. The molecule has 1 aliphatic carbocycles. The lowest BCUT2D eigenvalue weighted by atomic mass is 10.1. The molecule has 0 radical (unpaired) electrons. The Morgan fingerprint density at radius 2 is 2.13 bits per heavy atom. The van der Waals surface area contributed by atoms with E-state index in [2.05, 4.69) is 51.9 Å². The maximum absolute atomic E-state index is 4.67. The highest BCUT2D eigenvalue weighted by atomic mass is 127. The average molecular weight is 425 g/mol. The van der Waals surface area contributed by atoms with Crippen LogP contribution in [0.4, 0.5) is 0 Å². The number of hydrogen-bond acceptors (Lipinski definition) is 2. The Hall–Kier alpha value is -1.57. The fourth-order valence-corrected chi connectivity index (χ4v) is 2.32. The molecule has 1 aromatic carbocycles. The second-order valence-electron chi connectivity index (χ2n) is 5.64. The molecule has 0 amide bonds. The van der Waals surface area contributed by atoms with E-state index in [-0.39, 0.29) is 24.0 Å². The maximum Gasteiger partial charge on any atom is 0.191 e. The molecule has 2 N–H and O–H groups in total. The molecule has 1 heterocycles. The Morgan fingerprint density at radius 3 is 2.83 bits per heavy atom. The Bertz CT molecular complexity index is 620. The van der Waals surface area contributed by atoms with Gasteiger partial charge in [-0.3, -0.25) is 4.68 Å². The minimum atomic E-state index is 0. The zero-order chi connectivity index (χ0) is 15.2. The van der Waals surface area contributed by atoms with Crippen molar-refractivity contribution in [3.05, 3.63) is 53.9 Å². The van der Waals surface area contributed by atoms with Crippen LogP contribution in [0.2, 0.25) is 0 Å². The number of halogens is 1. The highest BCUT2D eigenvalue weighted by molar-refractivity contribution is 14.0. The smallest absolute Gasteiger partial charge is 0.191 e. The Labute approximate surface area is 154 Å². The lowest BCUT2D eigenvalue weighted by Crippen LogP contribution is -2.38. The van der Waals surface area contributed by atoms with Gasteiger partial charge in [-0.1, -0.05) is 24.3 Å². The molecule has 0 bridgehead atoms. The summed E-state index contributed by atoms with van der Waals surface area (Å²) in [6.07, 6.45) is 6.29. The first-order chi connectivity index (χ1) is 10.8. The fourth-order valence-electron chi connectivity index (χ4n) is 2.32. The van der Waals surface area contributed by atoms with Crippen LogP contribution < -0.4 is 10.6 Å². The fraction of sp³-hybridized carbons (Fsp3) is 0.412. The molecular weight excluding hydrogens is 401 g/mol. The molecule has 5 nitrogen and oxygen atoms in total. The Kier molecular flexibility index (Phi) is 6.88. The number of nitrogens with zero attached hydrogens (tertiary/aromatic N) is 3. The number of aliphatic imine (C=N–C) groups is 1. The van der Waals surface area contributed by atoms with Crippen LogP contribution in [0.3, 0.4) is 0 Å². The van der Waals surface area contributed by atoms with Crippen LogP contribution in [0.15, 0.2) is 47.7 Å². The van der Waals surface area contributed by atoms with Crippen LogP contribution in [-0.2, 0) is 13.1 Å². The summed E-state index contributed by atoms with van der Waals surface area (Å²) in [5, 5.41) is 11.0. The van der Waals surface area contributed by atoms with Gasteiger partial charge in [-0.05, 0) is 37.0 Å². The van der Waals surface area contributed by atoms with Gasteiger partial charge in [0.1, 0.15) is 0 Å². The summed E-state index contributed by atoms with van der Waals surface area (Å²) in [7, 11) is 0. The van der Waals surface area contributed by atoms with E-state index in [1.807, 2.05) is 16.9 Å². The monoisotopic (exact) mass is 425 g/mol. The summed E-state index contributed by atoms with van der Waals surface area (Å²) in [4.78, 5) is 4.67. The normalized spacial score (nSPS) is 14.2. The second kappa shape index (κ2) is 8.90. The van der Waals surface area contributed by atoms with Gasteiger partial charge in [0.25, 0.3) is 0 Å². The van der Waals surface area contributed by atoms with E-state index in [9.17, 15) is 0 Å². The van der Waals surface area contributed by atoms with E-state index in [0.29, 0.717) is 12.6 Å². The highest BCUT2D eigenvalue weighted by Crippen LogP contribution is 2.18. The van der Waals surface area contributed by atoms with Gasteiger partial charge in [-0.15, -0.1) is 24.0 Å². The maximum atomic E-state index is 4.67. The van der Waals surface area contributed by atoms with Gasteiger partial charge < -0.3 is 10.6 Å². The summed E-state index contributed by atoms with van der Waals surface area (Å²) in [5.74, 6) is 0.919. The van der Waals surface area contributed by atoms with Crippen LogP contribution in [0.1, 0.15) is 30.9 Å². The van der Waals surface area contributed by atoms with Gasteiger partial charge in [-0.25, -0.2) is 4.99 Å². The first kappa shape index (κ1) is 17.8. The van der Waals surface area contributed by atoms with Crippen LogP contribution in [0.25, 0.3) is 0 Å². The molecule has 0 unspecified atom stereocenters. The minimum Gasteiger partial charge on any atom is -0.357 e. The predicted octanol–water partition coefficient (Wildman–Crippen LogP) is 2.77. The SMILES string of the molecule is CCNC(=NCc1cccc(Cn2cccn2)c1)NC1CC1.I. The van der Waals surface area contributed by atoms with E-state index in [4.69, 9.17) is 0 Å². The van der Waals surface area contributed by atoms with Crippen LogP contribution >= 0.6 is 24.0 Å². The van der Waals surface area contributed by atoms with Crippen LogP contribution in [0, 0.1) is 0 Å². The van der Waals surface area contributed by atoms with Crippen molar-refractivity contribution < 1.29 is 0 Å². The summed E-state index contributed by atoms with van der Waals surface area (Å²) >= 11 is 0. The van der Waals surface area contributed by atoms with E-state index in [1.54, 1.807) is 6.20 Å². The van der Waals surface area contributed by atoms with Crippen LogP contribution in [-0.4, -0.2) is 28.3 Å². The quantitative estimate of drug-likeness (QED) is 0.425. The van der Waals surface area contributed by atoms with Crippen molar-refractivity contribution in [3.63, 3.8) is 0 Å². The molecule has 6 heteroatoms. The largest absolute Gasteiger partial charge is 0.357 e. The molecule has 0 atom stereocenters. The second-order valence-corrected chi connectivity index (χ2v) is 5.64. The van der Waals surface area contributed by atoms with Crippen molar-refractivity contribution in [2.75, 3.05) is 6.54 Å². The van der Waals surface area contributed by atoms with Gasteiger partial charge in [-0.2, -0.15) is 5.10 Å². The summed E-state index contributed by atoms with van der Waals surface area (Å²) in [6, 6.07) is 11.1. The number of hydrogen-bond donors (Lipinski definition) is 2. The number of guanidine groups is 1. The van der Waals surface area contributed by atoms with Crippen molar-refractivity contribution in [3.8, 4) is 0 Å². The lowest BCUT2D eigenvalue weighted by Gasteiger charge is -2.10. The van der Waals surface area contributed by atoms with E-state index in [1.165, 1.54) is 24.0 Å². The molecule has 1 fully saturated rings. The zero-order valence-electron chi connectivity index (χ0n) is 13.4. The van der Waals surface area contributed by atoms with E-state index in [0.717, 1.165) is 19.0 Å². The van der Waals surface area contributed by atoms with Crippen molar-refractivity contribution in [1.29, 1.82) is 0 Å². The standard InChI is InChI=1S/C17H23N5.HI/c1-2-18-17(21-16-7-8-16)19-12-14-5-3-6-15(11-14)13-22-10-4-9-20-22;/h3-6,9-11,16H,2,7-8,12-13H2,1H3,(H2,18,19,21);1H. The third-order valence-corrected chi connectivity index (χ3v) is 3.58. The number of rotatable bonds is 6. The van der Waals surface area contributed by atoms with Gasteiger partial charge >= 0.3 is 0 Å². The molecule has 23 heavy (non-hydrogen) atoms. The third-order valence-electron chi connectivity index (χ3n) is 3.58. The van der Waals surface area contributed by atoms with E-state index >= 15 is 0 Å². The molecule has 0 saturated heterocycles. The summed E-state index contributed by atoms with van der Waals surface area (Å²) in [6.45, 7) is 4.46. The van der Waals surface area contributed by atoms with Gasteiger partial charge in [0.2, 0.25) is 0 Å². The highest BCUT2D eigenvalue weighted by Gasteiger charge is 2.21. The van der Waals surface area contributed by atoms with Gasteiger partial charge in [0, 0.05) is 25.0 Å². The average Bonchev–Trinajstić information content (AvgIpc) is 3.19. The summed E-state index contributed by atoms with van der Waals surface area (Å²) in [5.41, 5.74) is 2.47. The first-order valence-corrected chi connectivity index (χ1v) is 7.93. The molecule has 0 spiro atoms. The van der Waals surface area contributed by atoms with Crippen molar-refractivity contribution >= 4 is 29.9 Å². The van der Waals surface area contributed by atoms with Crippen molar-refractivity contribution in [2.24, 2.45) is 4.99 Å². The summed E-state index contributed by atoms with van der Waals surface area (Å²) < 4.78 is 1.93. The molecule has 1 saturated carbocycles. The zero-order valence-corrected chi connectivity index (χ0v) is 15.7. The van der Waals surface area contributed by atoms with Crippen molar-refractivity contribution in [1.82, 2.24) is 20.4 Å². The van der Waals surface area contributed by atoms with Gasteiger partial charge in [0.05, 0.1) is 13.1 Å². The number of aromatic nitrogens is 2. The molecule has 0 aliphatic heterocycles. The van der Waals surface area contributed by atoms with E-state index < -0.39 is 0 Å². The number of nitrogens with one attached hydrogen (secondary N) is 2. The molecule has 1 aliphatic rings. The Balaban J connectivity index is 0.00000192. The molecule has 2 aromatic rings. The Morgan fingerprint density at radius 1 is 1.30 bits per heavy atom. The minimum absolute atomic E-state index is 0. The predicted molar refractivity (Wildman–Crippen MR) is 104 cm³/mol. The topological polar surface area (TPSA) is 54.2 Å². The van der Waals surface area contributed by atoms with Gasteiger partial charge in [0.15, 0.2) is 5.96 Å². The van der Waals surface area contributed by atoms with Crippen molar-refractivity contribution in [2.45, 2.75) is 38.9 Å². The third kappa shape index (κ3) is 5.85. The molecule has 124 valence electrons. The molecule has 3 rings (SSSR count). The molecule has 1 aromatic heterocycles.